The minimum atomic E-state index is -0.462. The van der Waals surface area contributed by atoms with Crippen molar-refractivity contribution in [3.63, 3.8) is 0 Å². The van der Waals surface area contributed by atoms with E-state index in [2.05, 4.69) is 11.4 Å². The Morgan fingerprint density at radius 1 is 1.00 bits per heavy atom. The molecule has 0 aliphatic rings. The number of carbonyl (C=O) groups excluding carboxylic acids is 1. The van der Waals surface area contributed by atoms with Gasteiger partial charge in [-0.2, -0.15) is 5.26 Å². The molecule has 1 amide bonds. The molecular weight excluding hydrogens is 506 g/mol. The van der Waals surface area contributed by atoms with Gasteiger partial charge >= 0.3 is 0 Å². The van der Waals surface area contributed by atoms with Gasteiger partial charge in [-0.05, 0) is 49.6 Å². The predicted octanol–water partition coefficient (Wildman–Crippen LogP) is 7.43. The number of thioether (sulfide) groups is 1. The second-order valence-corrected chi connectivity index (χ2v) is 10.3. The first-order chi connectivity index (χ1) is 18.9. The fourth-order valence-electron chi connectivity index (χ4n) is 4.32. The molecule has 1 heterocycles. The van der Waals surface area contributed by atoms with Crippen molar-refractivity contribution < 1.29 is 14.3 Å². The number of methoxy groups -OCH3 is 2. The molecule has 0 saturated carbocycles. The molecule has 0 bridgehead atoms. The third-order valence-electron chi connectivity index (χ3n) is 6.43. The van der Waals surface area contributed by atoms with Crippen molar-refractivity contribution in [3.8, 4) is 40.0 Å². The lowest BCUT2D eigenvalue weighted by atomic mass is 9.98. The molecule has 0 aliphatic heterocycles. The maximum Gasteiger partial charge on any atom is 0.237 e. The average Bonchev–Trinajstić information content (AvgIpc) is 2.97. The molecule has 4 aromatic rings. The van der Waals surface area contributed by atoms with Crippen LogP contribution in [0.3, 0.4) is 0 Å². The van der Waals surface area contributed by atoms with Crippen LogP contribution in [-0.2, 0) is 4.79 Å². The Bertz CT molecular complexity index is 1530. The minimum Gasteiger partial charge on any atom is -0.493 e. The van der Waals surface area contributed by atoms with Gasteiger partial charge in [0, 0.05) is 22.4 Å². The molecule has 0 fully saturated rings. The summed E-state index contributed by atoms with van der Waals surface area (Å²) >= 11 is 1.30. The highest BCUT2D eigenvalue weighted by Gasteiger charge is 2.25. The van der Waals surface area contributed by atoms with Gasteiger partial charge < -0.3 is 14.8 Å². The number of carbonyl (C=O) groups is 1. The molecule has 1 aromatic heterocycles. The van der Waals surface area contributed by atoms with Gasteiger partial charge in [-0.3, -0.25) is 4.79 Å². The van der Waals surface area contributed by atoms with Gasteiger partial charge in [-0.1, -0.05) is 73.3 Å². The summed E-state index contributed by atoms with van der Waals surface area (Å²) in [5.74, 6) is 0.954. The number of pyridine rings is 1. The van der Waals surface area contributed by atoms with E-state index in [0.29, 0.717) is 45.3 Å². The van der Waals surface area contributed by atoms with Crippen molar-refractivity contribution >= 4 is 23.4 Å². The zero-order chi connectivity index (χ0) is 27.9. The zero-order valence-corrected chi connectivity index (χ0v) is 23.6. The summed E-state index contributed by atoms with van der Waals surface area (Å²) in [6.45, 7) is 5.92. The van der Waals surface area contributed by atoms with Crippen molar-refractivity contribution in [2.45, 2.75) is 37.5 Å². The molecule has 0 radical (unpaired) electrons. The molecule has 3 aromatic carbocycles. The number of anilines is 1. The van der Waals surface area contributed by atoms with E-state index < -0.39 is 5.25 Å². The fourth-order valence-corrected chi connectivity index (χ4v) is 5.35. The molecule has 7 heteroatoms. The van der Waals surface area contributed by atoms with Gasteiger partial charge in [-0.25, -0.2) is 4.98 Å². The van der Waals surface area contributed by atoms with Crippen LogP contribution in [-0.4, -0.2) is 30.4 Å². The molecule has 1 atom stereocenters. The van der Waals surface area contributed by atoms with E-state index in [1.54, 1.807) is 14.2 Å². The number of para-hydroxylation sites is 1. The number of hydrogen-bond donors (Lipinski definition) is 1. The molecule has 39 heavy (non-hydrogen) atoms. The number of nitriles is 1. The van der Waals surface area contributed by atoms with Crippen LogP contribution in [0.1, 0.15) is 30.0 Å². The quantitative estimate of drug-likeness (QED) is 0.224. The molecule has 0 spiro atoms. The van der Waals surface area contributed by atoms with E-state index in [9.17, 15) is 10.1 Å². The maximum absolute atomic E-state index is 13.4. The molecule has 1 N–H and O–H groups in total. The number of ether oxygens (including phenoxy) is 2. The minimum absolute atomic E-state index is 0.132. The summed E-state index contributed by atoms with van der Waals surface area (Å²) in [7, 11) is 3.16. The Kier molecular flexibility index (Phi) is 8.90. The first-order valence-electron chi connectivity index (χ1n) is 12.7. The smallest absolute Gasteiger partial charge is 0.237 e. The number of aromatic nitrogens is 1. The third-order valence-corrected chi connectivity index (χ3v) is 7.78. The molecule has 1 unspecified atom stereocenters. The van der Waals surface area contributed by atoms with Crippen molar-refractivity contribution in [3.05, 3.63) is 89.5 Å². The van der Waals surface area contributed by atoms with Gasteiger partial charge in [0.1, 0.15) is 11.1 Å². The highest BCUT2D eigenvalue weighted by Crippen LogP contribution is 2.43. The lowest BCUT2D eigenvalue weighted by Crippen LogP contribution is -2.25. The Morgan fingerprint density at radius 2 is 1.77 bits per heavy atom. The van der Waals surface area contributed by atoms with E-state index in [1.165, 1.54) is 11.8 Å². The van der Waals surface area contributed by atoms with E-state index in [1.807, 2.05) is 93.6 Å². The largest absolute Gasteiger partial charge is 0.493 e. The van der Waals surface area contributed by atoms with Crippen molar-refractivity contribution in [1.82, 2.24) is 4.98 Å². The van der Waals surface area contributed by atoms with E-state index in [0.717, 1.165) is 22.4 Å². The second kappa shape index (κ2) is 12.5. The van der Waals surface area contributed by atoms with E-state index in [4.69, 9.17) is 14.5 Å². The third kappa shape index (κ3) is 6.08. The van der Waals surface area contributed by atoms with Crippen LogP contribution < -0.4 is 14.8 Å². The van der Waals surface area contributed by atoms with Crippen LogP contribution in [0.5, 0.6) is 11.5 Å². The van der Waals surface area contributed by atoms with Gasteiger partial charge in [0.05, 0.1) is 30.7 Å². The van der Waals surface area contributed by atoms with Crippen LogP contribution in [0.25, 0.3) is 22.4 Å². The van der Waals surface area contributed by atoms with E-state index >= 15 is 0 Å². The summed E-state index contributed by atoms with van der Waals surface area (Å²) in [4.78, 5) is 18.3. The van der Waals surface area contributed by atoms with Crippen LogP contribution in [0.4, 0.5) is 5.69 Å². The Hall–Kier alpha value is -4.28. The van der Waals surface area contributed by atoms with Gasteiger partial charge in [0.25, 0.3) is 0 Å². The number of benzene rings is 3. The van der Waals surface area contributed by atoms with Crippen LogP contribution in [0, 0.1) is 25.2 Å². The van der Waals surface area contributed by atoms with Crippen LogP contribution in [0.2, 0.25) is 0 Å². The Balaban J connectivity index is 1.83. The van der Waals surface area contributed by atoms with E-state index in [-0.39, 0.29) is 5.91 Å². The number of rotatable bonds is 9. The molecule has 6 nitrogen and oxygen atoms in total. The maximum atomic E-state index is 13.4. The van der Waals surface area contributed by atoms with Gasteiger partial charge in [0.2, 0.25) is 5.91 Å². The highest BCUT2D eigenvalue weighted by molar-refractivity contribution is 8.00. The van der Waals surface area contributed by atoms with Crippen LogP contribution in [0.15, 0.2) is 77.8 Å². The van der Waals surface area contributed by atoms with Crippen molar-refractivity contribution in [2.24, 2.45) is 0 Å². The Morgan fingerprint density at radius 3 is 2.44 bits per heavy atom. The van der Waals surface area contributed by atoms with Crippen molar-refractivity contribution in [1.29, 1.82) is 5.26 Å². The lowest BCUT2D eigenvalue weighted by molar-refractivity contribution is -0.115. The first kappa shape index (κ1) is 27.7. The molecule has 0 saturated heterocycles. The molecular formula is C32H31N3O3S. The summed E-state index contributed by atoms with van der Waals surface area (Å²) in [5, 5.41) is 13.5. The molecule has 0 aliphatic carbocycles. The van der Waals surface area contributed by atoms with Gasteiger partial charge in [-0.15, -0.1) is 0 Å². The summed E-state index contributed by atoms with van der Waals surface area (Å²) in [5.41, 5.74) is 6.19. The first-order valence-corrected chi connectivity index (χ1v) is 13.5. The second-order valence-electron chi connectivity index (χ2n) is 9.08. The normalized spacial score (nSPS) is 11.4. The molecule has 198 valence electrons. The van der Waals surface area contributed by atoms with Crippen molar-refractivity contribution in [2.75, 3.05) is 19.5 Å². The standard InChI is InChI=1S/C32H31N3O3S/c1-6-29(31(36)34-26-17-20(2)15-16-21(26)3)39-32-25(19-33)24(18-27(35-32)22-11-8-7-9-12-22)23-13-10-14-28(37-4)30(23)38-5/h7-18,29H,6H2,1-5H3,(H,34,36). The number of hydrogen-bond acceptors (Lipinski definition) is 6. The lowest BCUT2D eigenvalue weighted by Gasteiger charge is -2.19. The summed E-state index contributed by atoms with van der Waals surface area (Å²) in [6.07, 6.45) is 0.557. The molecule has 4 rings (SSSR count). The average molecular weight is 538 g/mol. The van der Waals surface area contributed by atoms with Gasteiger partial charge in [0.15, 0.2) is 11.5 Å². The number of aryl methyl sites for hydroxylation is 2. The zero-order valence-electron chi connectivity index (χ0n) is 22.7. The fraction of sp³-hybridized carbons (Fsp3) is 0.219. The number of amides is 1. The Labute approximate surface area is 234 Å². The van der Waals surface area contributed by atoms with Crippen LogP contribution >= 0.6 is 11.8 Å². The highest BCUT2D eigenvalue weighted by atomic mass is 32.2. The SMILES string of the molecule is CCC(Sc1nc(-c2ccccc2)cc(-c2cccc(OC)c2OC)c1C#N)C(=O)Nc1cc(C)ccc1C. The summed E-state index contributed by atoms with van der Waals surface area (Å²) < 4.78 is 11.2. The number of nitrogens with one attached hydrogen (secondary N) is 1. The monoisotopic (exact) mass is 537 g/mol. The summed E-state index contributed by atoms with van der Waals surface area (Å²) in [6, 6.07) is 25.6. The number of nitrogens with zero attached hydrogens (tertiary/aromatic N) is 2. The topological polar surface area (TPSA) is 84.2 Å². The predicted molar refractivity (Wildman–Crippen MR) is 157 cm³/mol.